The summed E-state index contributed by atoms with van der Waals surface area (Å²) in [5.41, 5.74) is 2.28. The fraction of sp³-hybridized carbons (Fsp3) is 0.667. The highest BCUT2D eigenvalue weighted by molar-refractivity contribution is 5.91. The van der Waals surface area contributed by atoms with Crippen LogP contribution in [0.1, 0.15) is 23.3 Å². The van der Waals surface area contributed by atoms with E-state index in [1.807, 2.05) is 5.43 Å². The standard InChI is InChI=1S/C9H16N6O/c10-11-9(16)8-7-15(13-12-8)6-5-14-3-1-2-4-14/h7H,1-6,10H2,(H,11,16). The van der Waals surface area contributed by atoms with Crippen molar-refractivity contribution in [3.05, 3.63) is 11.9 Å². The first kappa shape index (κ1) is 11.0. The lowest BCUT2D eigenvalue weighted by atomic mass is 10.4. The summed E-state index contributed by atoms with van der Waals surface area (Å²) in [6.45, 7) is 4.02. The third-order valence-corrected chi connectivity index (χ3v) is 2.75. The molecular formula is C9H16N6O. The van der Waals surface area contributed by atoms with Crippen molar-refractivity contribution in [1.82, 2.24) is 25.3 Å². The number of carbonyl (C=O) groups excluding carboxylic acids is 1. The van der Waals surface area contributed by atoms with Crippen LogP contribution in [0.4, 0.5) is 0 Å². The first-order valence-electron chi connectivity index (χ1n) is 5.43. The second-order valence-electron chi connectivity index (χ2n) is 3.89. The maximum atomic E-state index is 11.1. The Bertz CT molecular complexity index is 357. The van der Waals surface area contributed by atoms with Gasteiger partial charge < -0.3 is 4.90 Å². The van der Waals surface area contributed by atoms with Crippen LogP contribution in [0.25, 0.3) is 0 Å². The van der Waals surface area contributed by atoms with Crippen LogP contribution in [0.5, 0.6) is 0 Å². The zero-order valence-corrected chi connectivity index (χ0v) is 9.09. The van der Waals surface area contributed by atoms with Crippen molar-refractivity contribution in [3.8, 4) is 0 Å². The van der Waals surface area contributed by atoms with Gasteiger partial charge in [-0.05, 0) is 25.9 Å². The van der Waals surface area contributed by atoms with Crippen LogP contribution in [0.3, 0.4) is 0 Å². The number of amides is 1. The number of rotatable bonds is 4. The molecule has 7 heteroatoms. The summed E-state index contributed by atoms with van der Waals surface area (Å²) in [5, 5.41) is 7.60. The van der Waals surface area contributed by atoms with E-state index >= 15 is 0 Å². The van der Waals surface area contributed by atoms with Crippen LogP contribution in [-0.2, 0) is 6.54 Å². The highest BCUT2D eigenvalue weighted by atomic mass is 16.2. The first-order valence-corrected chi connectivity index (χ1v) is 5.43. The van der Waals surface area contributed by atoms with Crippen molar-refractivity contribution in [2.45, 2.75) is 19.4 Å². The van der Waals surface area contributed by atoms with Gasteiger partial charge in [0.25, 0.3) is 5.91 Å². The number of hydrogen-bond donors (Lipinski definition) is 2. The van der Waals surface area contributed by atoms with E-state index < -0.39 is 5.91 Å². The van der Waals surface area contributed by atoms with Crippen molar-refractivity contribution in [2.75, 3.05) is 19.6 Å². The third kappa shape index (κ3) is 2.56. The normalized spacial score (nSPS) is 16.6. The maximum absolute atomic E-state index is 11.1. The van der Waals surface area contributed by atoms with Crippen molar-refractivity contribution < 1.29 is 4.79 Å². The number of nitrogens with two attached hydrogens (primary N) is 1. The Morgan fingerprint density at radius 2 is 2.19 bits per heavy atom. The Balaban J connectivity index is 1.85. The fourth-order valence-electron chi connectivity index (χ4n) is 1.84. The lowest BCUT2D eigenvalue weighted by Crippen LogP contribution is -2.30. The lowest BCUT2D eigenvalue weighted by Gasteiger charge is -2.13. The monoisotopic (exact) mass is 224 g/mol. The smallest absolute Gasteiger partial charge is 0.287 e. The summed E-state index contributed by atoms with van der Waals surface area (Å²) in [6, 6.07) is 0. The van der Waals surface area contributed by atoms with E-state index in [-0.39, 0.29) is 5.69 Å². The van der Waals surface area contributed by atoms with Crippen molar-refractivity contribution >= 4 is 5.91 Å². The number of hydrogen-bond acceptors (Lipinski definition) is 5. The van der Waals surface area contributed by atoms with Gasteiger partial charge in [-0.25, -0.2) is 5.84 Å². The molecule has 0 atom stereocenters. The molecule has 1 amide bonds. The van der Waals surface area contributed by atoms with E-state index in [4.69, 9.17) is 5.84 Å². The Kier molecular flexibility index (Phi) is 3.47. The molecule has 2 heterocycles. The maximum Gasteiger partial charge on any atom is 0.287 e. The molecule has 3 N–H and O–H groups in total. The summed E-state index contributed by atoms with van der Waals surface area (Å²) in [6.07, 6.45) is 4.16. The van der Waals surface area contributed by atoms with Crippen molar-refractivity contribution in [2.24, 2.45) is 5.84 Å². The molecule has 0 unspecified atom stereocenters. The van der Waals surface area contributed by atoms with E-state index in [2.05, 4.69) is 15.2 Å². The minimum absolute atomic E-state index is 0.254. The quantitative estimate of drug-likeness (QED) is 0.388. The van der Waals surface area contributed by atoms with E-state index in [0.29, 0.717) is 0 Å². The molecule has 1 fully saturated rings. The molecule has 0 saturated carbocycles. The average Bonchev–Trinajstić information content (AvgIpc) is 2.96. The minimum atomic E-state index is -0.410. The predicted molar refractivity (Wildman–Crippen MR) is 57.3 cm³/mol. The van der Waals surface area contributed by atoms with Gasteiger partial charge in [0.05, 0.1) is 12.7 Å². The number of carbonyl (C=O) groups is 1. The molecule has 7 nitrogen and oxygen atoms in total. The molecule has 1 aliphatic heterocycles. The van der Waals surface area contributed by atoms with Crippen molar-refractivity contribution in [1.29, 1.82) is 0 Å². The molecule has 1 saturated heterocycles. The van der Waals surface area contributed by atoms with Crippen LogP contribution < -0.4 is 11.3 Å². The van der Waals surface area contributed by atoms with Crippen molar-refractivity contribution in [3.63, 3.8) is 0 Å². The Labute approximate surface area is 93.6 Å². The highest BCUT2D eigenvalue weighted by Crippen LogP contribution is 2.06. The summed E-state index contributed by atoms with van der Waals surface area (Å²) in [4.78, 5) is 13.5. The highest BCUT2D eigenvalue weighted by Gasteiger charge is 2.12. The molecule has 0 spiro atoms. The first-order chi connectivity index (χ1) is 7.79. The molecule has 1 aliphatic rings. The van der Waals surface area contributed by atoms with Gasteiger partial charge in [-0.15, -0.1) is 5.10 Å². The number of likely N-dealkylation sites (tertiary alicyclic amines) is 1. The molecule has 16 heavy (non-hydrogen) atoms. The minimum Gasteiger partial charge on any atom is -0.301 e. The van der Waals surface area contributed by atoms with Gasteiger partial charge in [0.15, 0.2) is 5.69 Å². The SMILES string of the molecule is NNC(=O)c1cn(CCN2CCCC2)nn1. The molecule has 0 aromatic carbocycles. The van der Waals surface area contributed by atoms with E-state index in [1.54, 1.807) is 10.9 Å². The second-order valence-corrected chi connectivity index (χ2v) is 3.89. The van der Waals surface area contributed by atoms with Gasteiger partial charge in [0.1, 0.15) is 0 Å². The summed E-state index contributed by atoms with van der Waals surface area (Å²) in [5.74, 6) is 4.59. The molecule has 0 aliphatic carbocycles. The largest absolute Gasteiger partial charge is 0.301 e. The number of hydrazine groups is 1. The predicted octanol–water partition coefficient (Wildman–Crippen LogP) is -1.02. The van der Waals surface area contributed by atoms with Gasteiger partial charge in [0, 0.05) is 6.54 Å². The van der Waals surface area contributed by atoms with Gasteiger partial charge in [-0.3, -0.25) is 14.9 Å². The third-order valence-electron chi connectivity index (χ3n) is 2.75. The molecule has 88 valence electrons. The lowest BCUT2D eigenvalue weighted by molar-refractivity contribution is 0.0948. The van der Waals surface area contributed by atoms with E-state index in [0.717, 1.165) is 26.2 Å². The summed E-state index contributed by atoms with van der Waals surface area (Å²) >= 11 is 0. The number of nitrogens with one attached hydrogen (secondary N) is 1. The number of nitrogens with zero attached hydrogens (tertiary/aromatic N) is 4. The number of aromatic nitrogens is 3. The summed E-state index contributed by atoms with van der Waals surface area (Å²) in [7, 11) is 0. The van der Waals surface area contributed by atoms with Crippen LogP contribution >= 0.6 is 0 Å². The topological polar surface area (TPSA) is 89.1 Å². The molecule has 0 bridgehead atoms. The molecule has 1 aromatic heterocycles. The van der Waals surface area contributed by atoms with Gasteiger partial charge >= 0.3 is 0 Å². The Morgan fingerprint density at radius 3 is 2.88 bits per heavy atom. The van der Waals surface area contributed by atoms with Crippen LogP contribution in [0.2, 0.25) is 0 Å². The van der Waals surface area contributed by atoms with Crippen LogP contribution in [0, 0.1) is 0 Å². The second kappa shape index (κ2) is 5.04. The Hall–Kier alpha value is -1.47. The fourth-order valence-corrected chi connectivity index (χ4v) is 1.84. The summed E-state index contributed by atoms with van der Waals surface area (Å²) < 4.78 is 1.67. The molecule has 2 rings (SSSR count). The Morgan fingerprint density at radius 1 is 1.44 bits per heavy atom. The zero-order valence-electron chi connectivity index (χ0n) is 9.09. The van der Waals surface area contributed by atoms with Gasteiger partial charge in [-0.2, -0.15) is 0 Å². The van der Waals surface area contributed by atoms with E-state index in [1.165, 1.54) is 12.8 Å². The molecule has 0 radical (unpaired) electrons. The van der Waals surface area contributed by atoms with Gasteiger partial charge in [-0.1, -0.05) is 5.21 Å². The van der Waals surface area contributed by atoms with Crippen LogP contribution in [-0.4, -0.2) is 45.4 Å². The molecule has 1 aromatic rings. The average molecular weight is 224 g/mol. The van der Waals surface area contributed by atoms with Gasteiger partial charge in [0.2, 0.25) is 0 Å². The van der Waals surface area contributed by atoms with E-state index in [9.17, 15) is 4.79 Å². The molecular weight excluding hydrogens is 208 g/mol. The zero-order chi connectivity index (χ0) is 11.4. The number of nitrogen functional groups attached to an aromatic ring is 1. The van der Waals surface area contributed by atoms with Crippen LogP contribution in [0.15, 0.2) is 6.20 Å².